The normalized spacial score (nSPS) is 11.7. The molecule has 0 saturated carbocycles. The fourth-order valence-electron chi connectivity index (χ4n) is 2.64. The molecule has 0 aromatic rings. The predicted molar refractivity (Wildman–Crippen MR) is 90.3 cm³/mol. The third-order valence-corrected chi connectivity index (χ3v) is 3.94. The van der Waals surface area contributed by atoms with Crippen molar-refractivity contribution < 1.29 is 253 Å². The summed E-state index contributed by atoms with van der Waals surface area (Å²) in [6.45, 7) is 15.0. The Balaban J connectivity index is -0.0000000696. The molecular weight excluding hydrogens is 1490 g/mol. The van der Waals surface area contributed by atoms with Crippen LogP contribution in [0.1, 0.15) is 79.1 Å². The van der Waals surface area contributed by atoms with E-state index in [9.17, 15) is 0 Å². The van der Waals surface area contributed by atoms with Gasteiger partial charge in [0.25, 0.3) is 0 Å². The van der Waals surface area contributed by atoms with Crippen LogP contribution in [-0.2, 0) is 188 Å². The van der Waals surface area contributed by atoms with Gasteiger partial charge in [0, 0.05) is 0 Å². The van der Waals surface area contributed by atoms with Gasteiger partial charge in [0.2, 0.25) is 0 Å². The van der Waals surface area contributed by atoms with E-state index < -0.39 is 134 Å². The number of rotatable bonds is 12. The van der Waals surface area contributed by atoms with E-state index in [-0.39, 0.29) is 0 Å². The second kappa shape index (κ2) is 40.4. The Labute approximate surface area is 353 Å². The van der Waals surface area contributed by atoms with Crippen molar-refractivity contribution in [3.8, 4) is 0 Å². The Bertz CT molecular complexity index is 1370. The van der Waals surface area contributed by atoms with Crippen molar-refractivity contribution in [1.82, 2.24) is 0 Å². The van der Waals surface area contributed by atoms with E-state index in [0.717, 1.165) is 0 Å². The maximum atomic E-state index is 8.63. The second-order valence-electron chi connectivity index (χ2n) is 8.92. The number of unbranched alkanes of at least 4 members (excludes halogenated alkanes) is 4. The fourth-order valence-corrected chi connectivity index (χ4v) is 2.64. The van der Waals surface area contributed by atoms with Crippen molar-refractivity contribution in [3.05, 3.63) is 0 Å². The van der Waals surface area contributed by atoms with Gasteiger partial charge in [-0.1, -0.05) is 53.4 Å². The number of hydrogen-bond donors (Lipinski definition) is 0. The molecule has 0 saturated heterocycles. The molecule has 0 aromatic heterocycles. The molecule has 0 fully saturated rings. The number of nitrogens with zero attached hydrogens (tertiary/aromatic N) is 1. The van der Waals surface area contributed by atoms with Gasteiger partial charge < -0.3 is 4.48 Å². The molecule has 0 heterocycles. The van der Waals surface area contributed by atoms with Crippen LogP contribution in [0.15, 0.2) is 0 Å². The molecule has 0 atom stereocenters. The van der Waals surface area contributed by atoms with Crippen LogP contribution in [0.4, 0.5) is 0 Å². The molecular formula is C16H36Mo8NO32-15. The number of quaternary nitrogens is 1. The van der Waals surface area contributed by atoms with Crippen molar-refractivity contribution in [3.63, 3.8) is 0 Å². The van der Waals surface area contributed by atoms with Crippen LogP contribution >= 0.6 is 0 Å². The van der Waals surface area contributed by atoms with Crippen LogP contribution in [0.2, 0.25) is 0 Å². The summed E-state index contributed by atoms with van der Waals surface area (Å²) in [4.78, 5) is 0. The summed E-state index contributed by atoms with van der Waals surface area (Å²) in [6.07, 6.45) is 11.1. The van der Waals surface area contributed by atoms with E-state index in [4.69, 9.17) is 115 Å². The molecule has 41 heteroatoms. The fraction of sp³-hybridized carbons (Fsp3) is 1.00. The van der Waals surface area contributed by atoms with Crippen LogP contribution in [0.5, 0.6) is 0 Å². The molecule has 0 radical (unpaired) electrons. The van der Waals surface area contributed by atoms with Gasteiger partial charge >= 0.3 is 248 Å². The van der Waals surface area contributed by atoms with Crippen molar-refractivity contribution in [1.29, 1.82) is 0 Å². The van der Waals surface area contributed by atoms with E-state index in [0.29, 0.717) is 0 Å². The Hall–Kier alpha value is 1.63. The van der Waals surface area contributed by atoms with Crippen molar-refractivity contribution >= 4 is 0 Å². The predicted octanol–water partition coefficient (Wildman–Crippen LogP) is -15.9. The van der Waals surface area contributed by atoms with Gasteiger partial charge in [0.15, 0.2) is 0 Å². The molecule has 0 aromatic carbocycles. The standard InChI is InChI=1S/C16H36N.8Mo.32O/c1-5-9-13-17(14-10-6-2,15-11-7-3)16-12-8-4;;;;;;;;;;;;;;;;;;;;;;;;;;;;;;;;;;;;;;;;/h5-16H2,1-4H3;;;;;;;;;;;;;;;;;;;;;;;;;;;;;;;;;;;;;;;;/q+1;;;;;;;;;;;;;;;;;;;;;;;;;16*-1. The minimum atomic E-state index is -6.02. The molecule has 0 aliphatic heterocycles. The summed E-state index contributed by atoms with van der Waals surface area (Å²) in [5.74, 6) is 0. The third-order valence-electron chi connectivity index (χ3n) is 3.94. The summed E-state index contributed by atoms with van der Waals surface area (Å²) >= 11 is -48.2. The monoisotopic (exact) mass is 1540 g/mol. The van der Waals surface area contributed by atoms with E-state index in [1.165, 1.54) is 82.0 Å². The summed E-state index contributed by atoms with van der Waals surface area (Å²) in [5.41, 5.74) is 0. The summed E-state index contributed by atoms with van der Waals surface area (Å²) in [5, 5.41) is 0. The Morgan fingerprint density at radius 3 is 0.368 bits per heavy atom. The van der Waals surface area contributed by atoms with Gasteiger partial charge in [0.1, 0.15) is 0 Å². The van der Waals surface area contributed by atoms with Gasteiger partial charge in [-0.15, -0.1) is 0 Å². The average molecular weight is 1520 g/mol. The maximum absolute atomic E-state index is 8.63. The first-order valence-electron chi connectivity index (χ1n) is 13.4. The van der Waals surface area contributed by atoms with Gasteiger partial charge in [-0.05, 0) is 25.7 Å². The van der Waals surface area contributed by atoms with Gasteiger partial charge in [0.05, 0.1) is 26.2 Å². The molecule has 0 aliphatic carbocycles. The van der Waals surface area contributed by atoms with Crippen molar-refractivity contribution in [2.75, 3.05) is 26.2 Å². The van der Waals surface area contributed by atoms with Crippen LogP contribution in [0, 0.1) is 0 Å². The van der Waals surface area contributed by atoms with E-state index >= 15 is 0 Å². The summed E-state index contributed by atoms with van der Waals surface area (Å²) in [7, 11) is 0. The average Bonchev–Trinajstić information content (AvgIpc) is 2.80. The molecule has 0 rings (SSSR count). The zero-order chi connectivity index (χ0) is 49.0. The van der Waals surface area contributed by atoms with E-state index in [1.807, 2.05) is 0 Å². The summed E-state index contributed by atoms with van der Waals surface area (Å²) < 4.78 is 277. The van der Waals surface area contributed by atoms with Crippen molar-refractivity contribution in [2.24, 2.45) is 0 Å². The van der Waals surface area contributed by atoms with Gasteiger partial charge in [-0.3, -0.25) is 0 Å². The zero-order valence-corrected chi connectivity index (χ0v) is 45.3. The van der Waals surface area contributed by atoms with Crippen LogP contribution < -0.4 is 60.2 Å². The van der Waals surface area contributed by atoms with E-state index in [2.05, 4.69) is 27.7 Å². The SMILES string of the molecule is CCCC[N+](CCCC)(CCCC)CCCC.[O]=[Mo](=[O])([O-])[O-].[O]=[Mo](=[O])([O-])[O-].[O]=[Mo](=[O])([O-])[O-].[O]=[Mo](=[O])([O-])[O-].[O]=[Mo](=[O])([O-])[O-].[O]=[Mo](=[O])([O-])[O-].[O]=[Mo](=[O])([O-])[O-].[O]=[Mo](=[O])([O-])[O-]. The van der Waals surface area contributed by atoms with Crippen LogP contribution in [0.25, 0.3) is 0 Å². The molecule has 0 amide bonds. The topological polar surface area (TPSA) is 642 Å². The third kappa shape index (κ3) is 381. The molecule has 57 heavy (non-hydrogen) atoms. The molecule has 33 nitrogen and oxygen atoms in total. The van der Waals surface area contributed by atoms with Gasteiger partial charge in [-0.25, -0.2) is 0 Å². The molecule has 360 valence electrons. The van der Waals surface area contributed by atoms with Crippen LogP contribution in [-0.4, -0.2) is 30.7 Å². The number of hydrogen-bond acceptors (Lipinski definition) is 32. The molecule has 0 spiro atoms. The quantitative estimate of drug-likeness (QED) is 0.129. The van der Waals surface area contributed by atoms with Crippen molar-refractivity contribution in [2.45, 2.75) is 79.1 Å². The molecule has 0 N–H and O–H groups in total. The van der Waals surface area contributed by atoms with E-state index in [1.54, 1.807) is 0 Å². The Morgan fingerprint density at radius 1 is 0.246 bits per heavy atom. The second-order valence-corrected chi connectivity index (χ2v) is 25.0. The molecule has 0 aliphatic rings. The first-order valence-corrected chi connectivity index (χ1v) is 39.6. The summed E-state index contributed by atoms with van der Waals surface area (Å²) in [6, 6.07) is 0. The molecule has 0 bridgehead atoms. The van der Waals surface area contributed by atoms with Crippen LogP contribution in [0.3, 0.4) is 0 Å². The zero-order valence-electron chi connectivity index (χ0n) is 29.3. The minimum absolute atomic E-state index is 1.35. The molecule has 0 unspecified atom stereocenters. The van der Waals surface area contributed by atoms with Gasteiger partial charge in [-0.2, -0.15) is 0 Å². The first kappa shape index (κ1) is 79.1. The first-order chi connectivity index (χ1) is 24.2. The Kier molecular flexibility index (Phi) is 56.0. The Morgan fingerprint density at radius 2 is 0.316 bits per heavy atom.